The molecule has 100 valence electrons. The lowest BCUT2D eigenvalue weighted by Gasteiger charge is -2.26. The molecule has 5 nitrogen and oxygen atoms in total. The molecule has 0 saturated carbocycles. The third kappa shape index (κ3) is 2.37. The van der Waals surface area contributed by atoms with Crippen LogP contribution >= 0.6 is 0 Å². The van der Waals surface area contributed by atoms with Crippen molar-refractivity contribution in [2.24, 2.45) is 0 Å². The molecule has 0 spiro atoms. The molecule has 0 bridgehead atoms. The van der Waals surface area contributed by atoms with Gasteiger partial charge in [0.05, 0.1) is 34.0 Å². The minimum Gasteiger partial charge on any atom is -0.493 e. The second kappa shape index (κ2) is 5.93. The zero-order chi connectivity index (χ0) is 13.0. The van der Waals surface area contributed by atoms with E-state index in [1.54, 1.807) is 21.3 Å². The maximum Gasteiger partial charge on any atom is 0.203 e. The van der Waals surface area contributed by atoms with Crippen molar-refractivity contribution < 1.29 is 18.9 Å². The first-order valence-electron chi connectivity index (χ1n) is 5.93. The highest BCUT2D eigenvalue weighted by molar-refractivity contribution is 5.56. The molecule has 0 aromatic heterocycles. The van der Waals surface area contributed by atoms with Crippen LogP contribution in [0.15, 0.2) is 12.1 Å². The predicted molar refractivity (Wildman–Crippen MR) is 67.7 cm³/mol. The van der Waals surface area contributed by atoms with Gasteiger partial charge in [0.2, 0.25) is 5.75 Å². The molecule has 1 aliphatic heterocycles. The molecule has 1 aliphatic rings. The summed E-state index contributed by atoms with van der Waals surface area (Å²) in [4.78, 5) is 0. The van der Waals surface area contributed by atoms with E-state index in [0.29, 0.717) is 23.9 Å². The van der Waals surface area contributed by atoms with E-state index in [-0.39, 0.29) is 6.10 Å². The summed E-state index contributed by atoms with van der Waals surface area (Å²) >= 11 is 0. The lowest BCUT2D eigenvalue weighted by Crippen LogP contribution is -2.33. The normalized spacial score (nSPS) is 19.4. The van der Waals surface area contributed by atoms with Gasteiger partial charge in [0.1, 0.15) is 0 Å². The van der Waals surface area contributed by atoms with Crippen molar-refractivity contribution in [2.75, 3.05) is 41.0 Å². The Morgan fingerprint density at radius 3 is 2.44 bits per heavy atom. The van der Waals surface area contributed by atoms with E-state index in [9.17, 15) is 0 Å². The smallest absolute Gasteiger partial charge is 0.203 e. The number of benzene rings is 1. The number of rotatable bonds is 4. The lowest BCUT2D eigenvalue weighted by atomic mass is 10.1. The van der Waals surface area contributed by atoms with E-state index < -0.39 is 0 Å². The van der Waals surface area contributed by atoms with Crippen molar-refractivity contribution in [3.8, 4) is 17.2 Å². The number of methoxy groups -OCH3 is 3. The standard InChI is InChI=1S/C13H19NO4/c1-15-10-5-4-9(11-8-14-6-7-18-11)12(16-2)13(10)17-3/h4-5,11,14H,6-8H2,1-3H3. The minimum absolute atomic E-state index is 0.0199. The van der Waals surface area contributed by atoms with Gasteiger partial charge in [0, 0.05) is 18.7 Å². The molecule has 18 heavy (non-hydrogen) atoms. The Labute approximate surface area is 107 Å². The van der Waals surface area contributed by atoms with Crippen LogP contribution in [0, 0.1) is 0 Å². The molecule has 0 amide bonds. The third-order valence-corrected chi connectivity index (χ3v) is 3.01. The molecule has 0 radical (unpaired) electrons. The average molecular weight is 253 g/mol. The SMILES string of the molecule is COc1ccc(C2CNCCO2)c(OC)c1OC. The molecule has 1 aromatic carbocycles. The summed E-state index contributed by atoms with van der Waals surface area (Å²) in [7, 11) is 4.83. The number of hydrogen-bond donors (Lipinski definition) is 1. The second-order valence-electron chi connectivity index (χ2n) is 3.99. The summed E-state index contributed by atoms with van der Waals surface area (Å²) in [6, 6.07) is 3.83. The zero-order valence-electron chi connectivity index (χ0n) is 11.0. The van der Waals surface area contributed by atoms with Gasteiger partial charge in [-0.2, -0.15) is 0 Å². The fourth-order valence-corrected chi connectivity index (χ4v) is 2.14. The van der Waals surface area contributed by atoms with Crippen LogP contribution in [0.2, 0.25) is 0 Å². The zero-order valence-corrected chi connectivity index (χ0v) is 11.0. The Balaban J connectivity index is 2.40. The summed E-state index contributed by atoms with van der Waals surface area (Å²) in [5.74, 6) is 1.93. The second-order valence-corrected chi connectivity index (χ2v) is 3.99. The maximum atomic E-state index is 5.74. The average Bonchev–Trinajstić information content (AvgIpc) is 2.46. The first-order valence-corrected chi connectivity index (χ1v) is 5.93. The summed E-state index contributed by atoms with van der Waals surface area (Å²) in [5, 5.41) is 3.30. The lowest BCUT2D eigenvalue weighted by molar-refractivity contribution is 0.0260. The van der Waals surface area contributed by atoms with E-state index in [0.717, 1.165) is 18.7 Å². The Hall–Kier alpha value is -1.46. The van der Waals surface area contributed by atoms with E-state index in [4.69, 9.17) is 18.9 Å². The number of morpholine rings is 1. The van der Waals surface area contributed by atoms with Crippen molar-refractivity contribution in [3.05, 3.63) is 17.7 Å². The molecule has 1 fully saturated rings. The van der Waals surface area contributed by atoms with E-state index in [1.807, 2.05) is 12.1 Å². The molecule has 1 atom stereocenters. The van der Waals surface area contributed by atoms with Crippen molar-refractivity contribution in [1.29, 1.82) is 0 Å². The molecule has 1 heterocycles. The topological polar surface area (TPSA) is 49.0 Å². The van der Waals surface area contributed by atoms with Crippen LogP contribution in [0.3, 0.4) is 0 Å². The van der Waals surface area contributed by atoms with Gasteiger partial charge in [-0.15, -0.1) is 0 Å². The van der Waals surface area contributed by atoms with Crippen molar-refractivity contribution in [1.82, 2.24) is 5.32 Å². The van der Waals surface area contributed by atoms with Crippen LogP contribution in [-0.4, -0.2) is 41.0 Å². The summed E-state index contributed by atoms with van der Waals surface area (Å²) in [6.07, 6.45) is -0.0199. The summed E-state index contributed by atoms with van der Waals surface area (Å²) < 4.78 is 21.8. The first kappa shape index (κ1) is 13.0. The number of hydrogen-bond acceptors (Lipinski definition) is 5. The van der Waals surface area contributed by atoms with Gasteiger partial charge in [0.15, 0.2) is 11.5 Å². The predicted octanol–water partition coefficient (Wildman–Crippen LogP) is 1.37. The largest absolute Gasteiger partial charge is 0.493 e. The van der Waals surface area contributed by atoms with Crippen LogP contribution in [0.1, 0.15) is 11.7 Å². The number of ether oxygens (including phenoxy) is 4. The molecule has 1 aromatic rings. The van der Waals surface area contributed by atoms with E-state index in [1.165, 1.54) is 0 Å². The van der Waals surface area contributed by atoms with Gasteiger partial charge in [-0.3, -0.25) is 0 Å². The van der Waals surface area contributed by atoms with E-state index >= 15 is 0 Å². The molecule has 1 N–H and O–H groups in total. The monoisotopic (exact) mass is 253 g/mol. The fourth-order valence-electron chi connectivity index (χ4n) is 2.14. The van der Waals surface area contributed by atoms with Gasteiger partial charge in [0.25, 0.3) is 0 Å². The van der Waals surface area contributed by atoms with Crippen LogP contribution in [-0.2, 0) is 4.74 Å². The number of nitrogens with one attached hydrogen (secondary N) is 1. The van der Waals surface area contributed by atoms with Gasteiger partial charge >= 0.3 is 0 Å². The Morgan fingerprint density at radius 1 is 1.11 bits per heavy atom. The van der Waals surface area contributed by atoms with Gasteiger partial charge in [-0.25, -0.2) is 0 Å². The Bertz CT molecular complexity index is 402. The summed E-state index contributed by atoms with van der Waals surface area (Å²) in [5.41, 5.74) is 0.974. The third-order valence-electron chi connectivity index (χ3n) is 3.01. The van der Waals surface area contributed by atoms with Crippen LogP contribution in [0.4, 0.5) is 0 Å². The molecule has 2 rings (SSSR count). The van der Waals surface area contributed by atoms with Crippen LogP contribution in [0.25, 0.3) is 0 Å². The fraction of sp³-hybridized carbons (Fsp3) is 0.538. The Kier molecular flexibility index (Phi) is 4.28. The van der Waals surface area contributed by atoms with Crippen molar-refractivity contribution >= 4 is 0 Å². The van der Waals surface area contributed by atoms with Crippen LogP contribution in [0.5, 0.6) is 17.2 Å². The quantitative estimate of drug-likeness (QED) is 0.878. The van der Waals surface area contributed by atoms with E-state index in [2.05, 4.69) is 5.32 Å². The van der Waals surface area contributed by atoms with Crippen molar-refractivity contribution in [3.63, 3.8) is 0 Å². The minimum atomic E-state index is -0.0199. The molecular weight excluding hydrogens is 234 g/mol. The first-order chi connectivity index (χ1) is 8.81. The van der Waals surface area contributed by atoms with Crippen molar-refractivity contribution in [2.45, 2.75) is 6.10 Å². The highest BCUT2D eigenvalue weighted by Crippen LogP contribution is 2.42. The summed E-state index contributed by atoms with van der Waals surface area (Å²) in [6.45, 7) is 2.35. The highest BCUT2D eigenvalue weighted by Gasteiger charge is 2.24. The molecule has 0 aliphatic carbocycles. The highest BCUT2D eigenvalue weighted by atomic mass is 16.5. The molecular formula is C13H19NO4. The van der Waals surface area contributed by atoms with Gasteiger partial charge in [-0.1, -0.05) is 0 Å². The van der Waals surface area contributed by atoms with Gasteiger partial charge in [-0.05, 0) is 12.1 Å². The van der Waals surface area contributed by atoms with Crippen LogP contribution < -0.4 is 19.5 Å². The van der Waals surface area contributed by atoms with Gasteiger partial charge < -0.3 is 24.3 Å². The molecule has 1 saturated heterocycles. The molecule has 1 unspecified atom stereocenters. The Morgan fingerprint density at radius 2 is 1.89 bits per heavy atom. The molecule has 5 heteroatoms. The maximum absolute atomic E-state index is 5.74.